The van der Waals surface area contributed by atoms with Crippen LogP contribution in [-0.4, -0.2) is 86.5 Å². The maximum Gasteiger partial charge on any atom is 0.326 e. The van der Waals surface area contributed by atoms with Crippen molar-refractivity contribution in [3.8, 4) is 5.75 Å². The molecule has 0 aliphatic carbocycles. The van der Waals surface area contributed by atoms with Crippen LogP contribution in [0, 0.1) is 0 Å². The summed E-state index contributed by atoms with van der Waals surface area (Å²) in [6, 6.07) is 0.569. The first-order valence-electron chi connectivity index (χ1n) is 12.8. The molecule has 1 aromatic carbocycles. The van der Waals surface area contributed by atoms with Crippen LogP contribution >= 0.6 is 0 Å². The highest BCUT2D eigenvalue weighted by molar-refractivity contribution is 5.95. The number of primary amides is 1. The standard InChI is InChI=1S/C25H36N10O7/c26-16(10-20(27)37)21(38)34-18(9-14-11-30-12-32-14)23(40)33-17(2-1-7-31-25(28)29)22(39)35-19(24(41)42)8-13-3-5-15(36)6-4-13/h3-6,11-12,16-19,36H,1-2,7-10,26H2,(H2,27,37)(H,30,32)(H,33,40)(H,34,38)(H,35,39)(H,41,42)(H4,28,29,31). The van der Waals surface area contributed by atoms with Gasteiger partial charge in [-0.3, -0.25) is 24.2 Å². The number of rotatable bonds is 17. The lowest BCUT2D eigenvalue weighted by atomic mass is 10.0. The molecular weight excluding hydrogens is 552 g/mol. The molecule has 14 N–H and O–H groups in total. The Bertz CT molecular complexity index is 1250. The van der Waals surface area contributed by atoms with Gasteiger partial charge in [-0.2, -0.15) is 0 Å². The number of carbonyl (C=O) groups is 5. The largest absolute Gasteiger partial charge is 0.508 e. The number of carboxylic acids is 1. The molecule has 0 aliphatic rings. The van der Waals surface area contributed by atoms with E-state index in [1.54, 1.807) is 0 Å². The summed E-state index contributed by atoms with van der Waals surface area (Å²) in [5, 5.41) is 26.6. The Labute approximate surface area is 240 Å². The topological polar surface area (TPSA) is 307 Å². The van der Waals surface area contributed by atoms with Gasteiger partial charge in [-0.25, -0.2) is 9.78 Å². The molecule has 0 bridgehead atoms. The van der Waals surface area contributed by atoms with Gasteiger partial charge in [0, 0.05) is 31.3 Å². The maximum atomic E-state index is 13.4. The van der Waals surface area contributed by atoms with Gasteiger partial charge >= 0.3 is 5.97 Å². The molecule has 2 rings (SSSR count). The van der Waals surface area contributed by atoms with E-state index in [2.05, 4.69) is 30.9 Å². The van der Waals surface area contributed by atoms with E-state index in [0.717, 1.165) is 0 Å². The number of amides is 4. The molecule has 4 atom stereocenters. The monoisotopic (exact) mass is 588 g/mol. The third-order valence-corrected chi connectivity index (χ3v) is 5.94. The number of H-pyrrole nitrogens is 1. The molecule has 4 amide bonds. The number of carbonyl (C=O) groups excluding carboxylic acids is 4. The molecule has 17 heteroatoms. The van der Waals surface area contributed by atoms with Crippen molar-refractivity contribution in [2.24, 2.45) is 27.9 Å². The predicted molar refractivity (Wildman–Crippen MR) is 149 cm³/mol. The van der Waals surface area contributed by atoms with Gasteiger partial charge in [-0.1, -0.05) is 12.1 Å². The Kier molecular flexibility index (Phi) is 12.7. The molecule has 1 heterocycles. The van der Waals surface area contributed by atoms with Crippen LogP contribution in [0.3, 0.4) is 0 Å². The highest BCUT2D eigenvalue weighted by atomic mass is 16.4. The summed E-state index contributed by atoms with van der Waals surface area (Å²) < 4.78 is 0. The van der Waals surface area contributed by atoms with E-state index in [1.807, 2.05) is 0 Å². The molecule has 1 aromatic heterocycles. The van der Waals surface area contributed by atoms with Crippen molar-refractivity contribution in [1.82, 2.24) is 25.9 Å². The number of hydrogen-bond acceptors (Lipinski definition) is 9. The summed E-state index contributed by atoms with van der Waals surface area (Å²) in [6.07, 6.45) is 2.38. The number of nitrogens with zero attached hydrogens (tertiary/aromatic N) is 2. The number of guanidine groups is 1. The minimum Gasteiger partial charge on any atom is -0.508 e. The first-order chi connectivity index (χ1) is 19.8. The summed E-state index contributed by atoms with van der Waals surface area (Å²) in [5.74, 6) is -4.75. The molecule has 4 unspecified atom stereocenters. The van der Waals surface area contributed by atoms with Gasteiger partial charge < -0.3 is 54.1 Å². The molecule has 0 aliphatic heterocycles. The molecule has 17 nitrogen and oxygen atoms in total. The Hall–Kier alpha value is -5.19. The highest BCUT2D eigenvalue weighted by Crippen LogP contribution is 2.12. The zero-order valence-corrected chi connectivity index (χ0v) is 22.7. The van der Waals surface area contributed by atoms with Crippen molar-refractivity contribution in [1.29, 1.82) is 0 Å². The second-order valence-electron chi connectivity index (χ2n) is 9.40. The fourth-order valence-corrected chi connectivity index (χ4v) is 3.80. The smallest absolute Gasteiger partial charge is 0.326 e. The quantitative estimate of drug-likeness (QED) is 0.0495. The lowest BCUT2D eigenvalue weighted by Gasteiger charge is -2.25. The normalized spacial score (nSPS) is 13.5. The number of aromatic hydroxyl groups is 1. The number of aromatic amines is 1. The van der Waals surface area contributed by atoms with E-state index >= 15 is 0 Å². The van der Waals surface area contributed by atoms with Gasteiger partial charge in [-0.05, 0) is 30.5 Å². The molecule has 0 saturated heterocycles. The number of carboxylic acid groups (broad SMARTS) is 1. The molecule has 228 valence electrons. The molecule has 0 saturated carbocycles. The highest BCUT2D eigenvalue weighted by Gasteiger charge is 2.31. The summed E-state index contributed by atoms with van der Waals surface area (Å²) in [5.41, 5.74) is 22.5. The van der Waals surface area contributed by atoms with Crippen LogP contribution in [0.2, 0.25) is 0 Å². The number of nitrogens with two attached hydrogens (primary N) is 4. The fraction of sp³-hybridized carbons (Fsp3) is 0.400. The molecule has 0 fully saturated rings. The summed E-state index contributed by atoms with van der Waals surface area (Å²) in [7, 11) is 0. The van der Waals surface area contributed by atoms with Crippen molar-refractivity contribution < 1.29 is 34.2 Å². The predicted octanol–water partition coefficient (Wildman–Crippen LogP) is -3.30. The average molecular weight is 589 g/mol. The molecule has 2 aromatic rings. The number of aliphatic carboxylic acids is 1. The van der Waals surface area contributed by atoms with Crippen molar-refractivity contribution in [3.63, 3.8) is 0 Å². The minimum atomic E-state index is -1.37. The van der Waals surface area contributed by atoms with Crippen molar-refractivity contribution in [2.75, 3.05) is 6.54 Å². The maximum absolute atomic E-state index is 13.4. The van der Waals surface area contributed by atoms with Crippen LogP contribution < -0.4 is 38.9 Å². The first kappa shape index (κ1) is 33.0. The number of phenolic OH excluding ortho intramolecular Hbond substituents is 1. The fourth-order valence-electron chi connectivity index (χ4n) is 3.80. The third kappa shape index (κ3) is 11.5. The summed E-state index contributed by atoms with van der Waals surface area (Å²) >= 11 is 0. The number of hydrogen-bond donors (Lipinski definition) is 10. The number of benzene rings is 1. The van der Waals surface area contributed by atoms with E-state index in [-0.39, 0.29) is 43.9 Å². The Morgan fingerprint density at radius 3 is 2.10 bits per heavy atom. The summed E-state index contributed by atoms with van der Waals surface area (Å²) in [6.45, 7) is 0.119. The van der Waals surface area contributed by atoms with Crippen molar-refractivity contribution in [2.45, 2.75) is 56.3 Å². The third-order valence-electron chi connectivity index (χ3n) is 5.94. The van der Waals surface area contributed by atoms with E-state index in [1.165, 1.54) is 36.8 Å². The van der Waals surface area contributed by atoms with Crippen LogP contribution in [0.1, 0.15) is 30.5 Å². The lowest BCUT2D eigenvalue weighted by molar-refractivity contribution is -0.142. The van der Waals surface area contributed by atoms with E-state index in [4.69, 9.17) is 22.9 Å². The van der Waals surface area contributed by atoms with Crippen LogP contribution in [0.5, 0.6) is 5.75 Å². The van der Waals surface area contributed by atoms with Crippen molar-refractivity contribution >= 4 is 35.6 Å². The second-order valence-corrected chi connectivity index (χ2v) is 9.40. The molecule has 0 spiro atoms. The average Bonchev–Trinajstić information content (AvgIpc) is 3.43. The van der Waals surface area contributed by atoms with Gasteiger partial charge in [0.1, 0.15) is 23.9 Å². The molecule has 0 radical (unpaired) electrons. The van der Waals surface area contributed by atoms with Crippen LogP contribution in [-0.2, 0) is 36.8 Å². The van der Waals surface area contributed by atoms with Crippen molar-refractivity contribution in [3.05, 3.63) is 48.0 Å². The van der Waals surface area contributed by atoms with Gasteiger partial charge in [0.05, 0.1) is 18.8 Å². The van der Waals surface area contributed by atoms with Gasteiger partial charge in [-0.15, -0.1) is 0 Å². The Balaban J connectivity index is 2.24. The number of phenols is 1. The first-order valence-corrected chi connectivity index (χ1v) is 12.8. The minimum absolute atomic E-state index is 0.00577. The SMILES string of the molecule is NC(=O)CC(N)C(=O)NC(Cc1cnc[nH]1)C(=O)NC(CCCN=C(N)N)C(=O)NC(Cc1ccc(O)cc1)C(=O)O. The second kappa shape index (κ2) is 16.2. The lowest BCUT2D eigenvalue weighted by Crippen LogP contribution is -2.58. The Morgan fingerprint density at radius 2 is 1.52 bits per heavy atom. The number of aliphatic imine (C=N–C) groups is 1. The van der Waals surface area contributed by atoms with Gasteiger partial charge in [0.25, 0.3) is 0 Å². The van der Waals surface area contributed by atoms with E-state index < -0.39 is 60.2 Å². The molecular formula is C25H36N10O7. The van der Waals surface area contributed by atoms with Crippen LogP contribution in [0.4, 0.5) is 0 Å². The number of imidazole rings is 1. The number of aromatic nitrogens is 2. The van der Waals surface area contributed by atoms with Gasteiger partial charge in [0.2, 0.25) is 23.6 Å². The Morgan fingerprint density at radius 1 is 0.905 bits per heavy atom. The summed E-state index contributed by atoms with van der Waals surface area (Å²) in [4.78, 5) is 72.9. The zero-order chi connectivity index (χ0) is 31.2. The van der Waals surface area contributed by atoms with Crippen LogP contribution in [0.15, 0.2) is 41.8 Å². The van der Waals surface area contributed by atoms with E-state index in [9.17, 15) is 34.2 Å². The van der Waals surface area contributed by atoms with Crippen LogP contribution in [0.25, 0.3) is 0 Å². The van der Waals surface area contributed by atoms with Gasteiger partial charge in [0.15, 0.2) is 5.96 Å². The number of nitrogens with one attached hydrogen (secondary N) is 4. The zero-order valence-electron chi connectivity index (χ0n) is 22.7. The molecule has 42 heavy (non-hydrogen) atoms. The van der Waals surface area contributed by atoms with E-state index in [0.29, 0.717) is 11.3 Å².